The van der Waals surface area contributed by atoms with Crippen LogP contribution in [0.5, 0.6) is 0 Å². The van der Waals surface area contributed by atoms with Crippen LogP contribution >= 0.6 is 11.3 Å². The van der Waals surface area contributed by atoms with Crippen molar-refractivity contribution >= 4 is 87.2 Å². The number of hydrogen-bond acceptors (Lipinski definition) is 3. The Hall–Kier alpha value is -7.46. The molecule has 0 atom stereocenters. The number of fused-ring (bicyclic) bond motifs is 7. The summed E-state index contributed by atoms with van der Waals surface area (Å²) in [4.78, 5) is 4.89. The molecule has 11 aromatic rings. The van der Waals surface area contributed by atoms with Crippen molar-refractivity contribution in [2.75, 3.05) is 9.80 Å². The summed E-state index contributed by atoms with van der Waals surface area (Å²) in [5.74, 6) is 0. The highest BCUT2D eigenvalue weighted by Crippen LogP contribution is 2.51. The number of anilines is 6. The fourth-order valence-corrected chi connectivity index (χ4v) is 10.4. The van der Waals surface area contributed by atoms with Crippen molar-refractivity contribution in [1.29, 1.82) is 0 Å². The zero-order chi connectivity index (χ0) is 40.9. The maximum Gasteiger partial charge on any atom is 0.0547 e. The first-order valence-electron chi connectivity index (χ1n) is 20.9. The highest BCUT2D eigenvalue weighted by Gasteiger charge is 2.23. The number of nitrogens with zero attached hydrogens (tertiary/aromatic N) is 2. The van der Waals surface area contributed by atoms with Gasteiger partial charge in [0.15, 0.2) is 0 Å². The third-order valence-corrected chi connectivity index (χ3v) is 13.2. The van der Waals surface area contributed by atoms with Gasteiger partial charge in [-0.3, -0.25) is 0 Å². The van der Waals surface area contributed by atoms with Crippen molar-refractivity contribution in [1.82, 2.24) is 0 Å². The molecular weight excluding hydrogens is 757 g/mol. The van der Waals surface area contributed by atoms with Gasteiger partial charge in [-0.05, 0) is 96.8 Å². The second-order valence-electron chi connectivity index (χ2n) is 15.9. The van der Waals surface area contributed by atoms with Gasteiger partial charge in [0.2, 0.25) is 0 Å². The number of thiophene rings is 1. The molecule has 10 aromatic carbocycles. The van der Waals surface area contributed by atoms with Gasteiger partial charge in [0.05, 0.1) is 11.4 Å². The van der Waals surface area contributed by atoms with Crippen LogP contribution in [0.3, 0.4) is 0 Å². The standard InChI is InChI=1S/C58H42N2S/c1-39-17-13-19-41(33-39)43-21-15-27-47(35-43)59(45-23-5-3-6-24-45)55-37-53-54-38-56(50-30-10-12-32-52(50)58(54)61-57(53)51-31-11-9-29-49(51)55)60(46-25-7-4-8-26-46)48-28-16-22-44(36-48)42-20-14-18-40(2)34-42/h3-38H,1-2H3. The van der Waals surface area contributed by atoms with Gasteiger partial charge in [-0.1, -0.05) is 169 Å². The van der Waals surface area contributed by atoms with Crippen LogP contribution in [0.25, 0.3) is 64.0 Å². The first-order chi connectivity index (χ1) is 30.1. The topological polar surface area (TPSA) is 6.48 Å². The summed E-state index contributed by atoms with van der Waals surface area (Å²) in [5.41, 5.74) is 14.1. The SMILES string of the molecule is Cc1cccc(-c2cccc(N(c3ccccc3)c3cc4c5cc(N(c6ccccc6)c6cccc(-c7cccc(C)c7)c6)c6ccccc6c5sc4c4ccccc34)c2)c1. The van der Waals surface area contributed by atoms with Gasteiger partial charge in [-0.25, -0.2) is 0 Å². The molecule has 3 heteroatoms. The summed E-state index contributed by atoms with van der Waals surface area (Å²) < 4.78 is 2.59. The quantitative estimate of drug-likeness (QED) is 0.151. The summed E-state index contributed by atoms with van der Waals surface area (Å²) in [5, 5.41) is 7.44. The Morgan fingerprint density at radius 3 is 1.03 bits per heavy atom. The fourth-order valence-electron chi connectivity index (χ4n) is 9.06. The maximum absolute atomic E-state index is 2.45. The first kappa shape index (κ1) is 36.6. The molecule has 0 aliphatic heterocycles. The highest BCUT2D eigenvalue weighted by molar-refractivity contribution is 7.27. The van der Waals surface area contributed by atoms with Crippen molar-refractivity contribution in [3.05, 3.63) is 230 Å². The average Bonchev–Trinajstić information content (AvgIpc) is 3.69. The zero-order valence-corrected chi connectivity index (χ0v) is 34.9. The highest BCUT2D eigenvalue weighted by atomic mass is 32.1. The minimum Gasteiger partial charge on any atom is -0.310 e. The van der Waals surface area contributed by atoms with E-state index in [1.54, 1.807) is 0 Å². The van der Waals surface area contributed by atoms with E-state index in [2.05, 4.69) is 242 Å². The summed E-state index contributed by atoms with van der Waals surface area (Å²) in [7, 11) is 0. The van der Waals surface area contributed by atoms with Gasteiger partial charge >= 0.3 is 0 Å². The van der Waals surface area contributed by atoms with E-state index in [4.69, 9.17) is 0 Å². The molecule has 0 spiro atoms. The predicted molar refractivity (Wildman–Crippen MR) is 264 cm³/mol. The number of aryl methyl sites for hydroxylation is 2. The molecule has 0 radical (unpaired) electrons. The minimum absolute atomic E-state index is 1.11. The van der Waals surface area contributed by atoms with Gasteiger partial charge in [0.25, 0.3) is 0 Å². The largest absolute Gasteiger partial charge is 0.310 e. The third-order valence-electron chi connectivity index (χ3n) is 11.9. The Morgan fingerprint density at radius 1 is 0.279 bits per heavy atom. The molecule has 11 rings (SSSR count). The van der Waals surface area contributed by atoms with Crippen molar-refractivity contribution in [2.24, 2.45) is 0 Å². The molecule has 0 saturated carbocycles. The van der Waals surface area contributed by atoms with Crippen LogP contribution in [0.15, 0.2) is 218 Å². The molecule has 0 N–H and O–H groups in total. The van der Waals surface area contributed by atoms with Crippen LogP contribution in [-0.2, 0) is 0 Å². The van der Waals surface area contributed by atoms with Crippen molar-refractivity contribution in [3.63, 3.8) is 0 Å². The Bertz CT molecular complexity index is 3180. The van der Waals surface area contributed by atoms with E-state index < -0.39 is 0 Å². The summed E-state index contributed by atoms with van der Waals surface area (Å²) in [6, 6.07) is 80.0. The molecular formula is C58H42N2S. The molecule has 0 amide bonds. The number of benzene rings is 10. The molecule has 0 bridgehead atoms. The van der Waals surface area contributed by atoms with E-state index in [0.29, 0.717) is 0 Å². The van der Waals surface area contributed by atoms with Crippen LogP contribution in [0, 0.1) is 13.8 Å². The van der Waals surface area contributed by atoms with Crippen LogP contribution in [0.1, 0.15) is 11.1 Å². The molecule has 290 valence electrons. The van der Waals surface area contributed by atoms with Gasteiger partial charge in [0.1, 0.15) is 0 Å². The van der Waals surface area contributed by atoms with Crippen molar-refractivity contribution in [2.45, 2.75) is 13.8 Å². The molecule has 61 heavy (non-hydrogen) atoms. The lowest BCUT2D eigenvalue weighted by atomic mass is 9.98. The number of hydrogen-bond donors (Lipinski definition) is 0. The fraction of sp³-hybridized carbons (Fsp3) is 0.0345. The van der Waals surface area contributed by atoms with E-state index in [1.807, 2.05) is 11.3 Å². The maximum atomic E-state index is 2.45. The Balaban J connectivity index is 1.18. The smallest absolute Gasteiger partial charge is 0.0547 e. The van der Waals surface area contributed by atoms with E-state index in [1.165, 1.54) is 75.1 Å². The first-order valence-corrected chi connectivity index (χ1v) is 21.7. The Labute approximate surface area is 360 Å². The van der Waals surface area contributed by atoms with Crippen LogP contribution < -0.4 is 9.80 Å². The second-order valence-corrected chi connectivity index (χ2v) is 16.9. The van der Waals surface area contributed by atoms with Gasteiger partial charge in [-0.15, -0.1) is 11.3 Å². The third kappa shape index (κ3) is 6.61. The van der Waals surface area contributed by atoms with Crippen LogP contribution in [0.2, 0.25) is 0 Å². The molecule has 2 nitrogen and oxygen atoms in total. The molecule has 1 heterocycles. The average molecular weight is 799 g/mol. The second kappa shape index (κ2) is 15.3. The number of rotatable bonds is 8. The minimum atomic E-state index is 1.11. The Kier molecular flexibility index (Phi) is 9.18. The summed E-state index contributed by atoms with van der Waals surface area (Å²) in [6.45, 7) is 4.32. The van der Waals surface area contributed by atoms with Gasteiger partial charge in [-0.2, -0.15) is 0 Å². The van der Waals surface area contributed by atoms with Gasteiger partial charge in [0, 0.05) is 64.5 Å². The molecule has 0 saturated heterocycles. The normalized spacial score (nSPS) is 11.4. The monoisotopic (exact) mass is 798 g/mol. The van der Waals surface area contributed by atoms with E-state index in [-0.39, 0.29) is 0 Å². The zero-order valence-electron chi connectivity index (χ0n) is 34.1. The van der Waals surface area contributed by atoms with E-state index >= 15 is 0 Å². The lowest BCUT2D eigenvalue weighted by Gasteiger charge is -2.28. The molecule has 0 aliphatic carbocycles. The van der Waals surface area contributed by atoms with Crippen LogP contribution in [0.4, 0.5) is 34.1 Å². The predicted octanol–water partition coefficient (Wildman–Crippen LogP) is 17.3. The van der Waals surface area contributed by atoms with Crippen LogP contribution in [-0.4, -0.2) is 0 Å². The summed E-state index contributed by atoms with van der Waals surface area (Å²) in [6.07, 6.45) is 0. The van der Waals surface area contributed by atoms with Crippen molar-refractivity contribution in [3.8, 4) is 22.3 Å². The van der Waals surface area contributed by atoms with Crippen molar-refractivity contribution < 1.29 is 0 Å². The number of para-hydroxylation sites is 2. The lowest BCUT2D eigenvalue weighted by molar-refractivity contribution is 1.30. The Morgan fingerprint density at radius 2 is 0.623 bits per heavy atom. The molecule has 1 aromatic heterocycles. The van der Waals surface area contributed by atoms with E-state index in [0.717, 1.165) is 34.1 Å². The summed E-state index contributed by atoms with van der Waals surface area (Å²) >= 11 is 1.91. The molecule has 0 aliphatic rings. The lowest BCUT2D eigenvalue weighted by Crippen LogP contribution is -2.11. The van der Waals surface area contributed by atoms with Gasteiger partial charge < -0.3 is 9.80 Å². The molecule has 0 unspecified atom stereocenters. The molecule has 0 fully saturated rings. The van der Waals surface area contributed by atoms with E-state index in [9.17, 15) is 0 Å².